The normalized spacial score (nSPS) is 12.8. The topological polar surface area (TPSA) is 56.8 Å². The molecule has 5 nitrogen and oxygen atoms in total. The summed E-state index contributed by atoms with van der Waals surface area (Å²) < 4.78 is 17.2. The van der Waals surface area contributed by atoms with Gasteiger partial charge in [0.05, 0.1) is 19.3 Å². The molecule has 2 aromatic rings. The summed E-state index contributed by atoms with van der Waals surface area (Å²) in [4.78, 5) is 12.6. The van der Waals surface area contributed by atoms with Crippen LogP contribution in [0.1, 0.15) is 50.4 Å². The zero-order valence-electron chi connectivity index (χ0n) is 17.7. The first-order valence-electron chi connectivity index (χ1n) is 9.80. The van der Waals surface area contributed by atoms with Crippen LogP contribution in [0.4, 0.5) is 0 Å². The highest BCUT2D eigenvalue weighted by Crippen LogP contribution is 2.31. The fraction of sp³-hybridized carbons (Fsp3) is 0.435. The Kier molecular flexibility index (Phi) is 7.73. The van der Waals surface area contributed by atoms with Crippen LogP contribution in [-0.2, 0) is 4.79 Å². The van der Waals surface area contributed by atoms with Crippen molar-refractivity contribution in [1.82, 2.24) is 5.32 Å². The molecule has 0 fully saturated rings. The van der Waals surface area contributed by atoms with Gasteiger partial charge in [0, 0.05) is 0 Å². The van der Waals surface area contributed by atoms with Crippen LogP contribution < -0.4 is 19.5 Å². The van der Waals surface area contributed by atoms with Crippen molar-refractivity contribution in [3.63, 3.8) is 0 Å². The van der Waals surface area contributed by atoms with E-state index < -0.39 is 6.10 Å². The second kappa shape index (κ2) is 10.0. The third kappa shape index (κ3) is 5.41. The third-order valence-electron chi connectivity index (χ3n) is 4.65. The number of aryl methyl sites for hydroxylation is 1. The van der Waals surface area contributed by atoms with Gasteiger partial charge in [0.2, 0.25) is 0 Å². The van der Waals surface area contributed by atoms with Crippen LogP contribution in [0.5, 0.6) is 17.2 Å². The molecule has 0 unspecified atom stereocenters. The van der Waals surface area contributed by atoms with E-state index in [1.807, 2.05) is 71.0 Å². The Balaban J connectivity index is 2.06. The van der Waals surface area contributed by atoms with E-state index in [0.29, 0.717) is 24.7 Å². The van der Waals surface area contributed by atoms with Gasteiger partial charge < -0.3 is 19.5 Å². The molecule has 1 N–H and O–H groups in total. The number of carbonyl (C=O) groups is 1. The standard InChI is InChI=1S/C23H31NO4/c1-7-26-21-13-12-19(14-22(21)27-8-2)17(5)24-23(25)18(6)28-20-11-9-10-15(3)16(20)4/h9-14,17-18H,7-8H2,1-6H3,(H,24,25)/t17-,18+/m1/s1. The van der Waals surface area contributed by atoms with Crippen LogP contribution in [-0.4, -0.2) is 25.2 Å². The maximum atomic E-state index is 12.6. The molecule has 0 bridgehead atoms. The average molecular weight is 386 g/mol. The highest BCUT2D eigenvalue weighted by molar-refractivity contribution is 5.81. The van der Waals surface area contributed by atoms with Crippen LogP contribution in [0.3, 0.4) is 0 Å². The van der Waals surface area contributed by atoms with Crippen LogP contribution in [0.2, 0.25) is 0 Å². The molecule has 0 saturated carbocycles. The fourth-order valence-electron chi connectivity index (χ4n) is 2.85. The smallest absolute Gasteiger partial charge is 0.261 e. The molecule has 0 radical (unpaired) electrons. The highest BCUT2D eigenvalue weighted by atomic mass is 16.5. The van der Waals surface area contributed by atoms with Gasteiger partial charge in [-0.2, -0.15) is 0 Å². The van der Waals surface area contributed by atoms with E-state index in [1.165, 1.54) is 0 Å². The van der Waals surface area contributed by atoms with Crippen molar-refractivity contribution in [2.75, 3.05) is 13.2 Å². The number of rotatable bonds is 9. The predicted molar refractivity (Wildman–Crippen MR) is 111 cm³/mol. The van der Waals surface area contributed by atoms with Crippen molar-refractivity contribution in [2.24, 2.45) is 0 Å². The Bertz CT molecular complexity index is 803. The second-order valence-electron chi connectivity index (χ2n) is 6.76. The van der Waals surface area contributed by atoms with Crippen molar-refractivity contribution in [3.05, 3.63) is 53.1 Å². The van der Waals surface area contributed by atoms with Crippen molar-refractivity contribution < 1.29 is 19.0 Å². The summed E-state index contributed by atoms with van der Waals surface area (Å²) in [7, 11) is 0. The molecular formula is C23H31NO4. The molecular weight excluding hydrogens is 354 g/mol. The molecule has 0 aromatic heterocycles. The van der Waals surface area contributed by atoms with Crippen molar-refractivity contribution in [1.29, 1.82) is 0 Å². The van der Waals surface area contributed by atoms with Gasteiger partial charge in [0.15, 0.2) is 17.6 Å². The van der Waals surface area contributed by atoms with Crippen LogP contribution >= 0.6 is 0 Å². The van der Waals surface area contributed by atoms with Gasteiger partial charge in [-0.15, -0.1) is 0 Å². The molecule has 0 aliphatic rings. The van der Waals surface area contributed by atoms with Gasteiger partial charge in [-0.05, 0) is 76.4 Å². The summed E-state index contributed by atoms with van der Waals surface area (Å²) in [5, 5.41) is 3.01. The molecule has 5 heteroatoms. The Labute approximate surface area is 168 Å². The number of nitrogens with one attached hydrogen (secondary N) is 1. The second-order valence-corrected chi connectivity index (χ2v) is 6.76. The summed E-state index contributed by atoms with van der Waals surface area (Å²) in [5.74, 6) is 1.95. The van der Waals surface area contributed by atoms with E-state index in [-0.39, 0.29) is 11.9 Å². The summed E-state index contributed by atoms with van der Waals surface area (Å²) in [6, 6.07) is 11.4. The van der Waals surface area contributed by atoms with Crippen molar-refractivity contribution >= 4 is 5.91 Å². The number of hydrogen-bond acceptors (Lipinski definition) is 4. The molecule has 2 aromatic carbocycles. The van der Waals surface area contributed by atoms with Crippen LogP contribution in [0.25, 0.3) is 0 Å². The van der Waals surface area contributed by atoms with Crippen LogP contribution in [0.15, 0.2) is 36.4 Å². The molecule has 0 heterocycles. The SMILES string of the molecule is CCOc1ccc([C@@H](C)NC(=O)[C@H](C)Oc2cccc(C)c2C)cc1OCC. The largest absolute Gasteiger partial charge is 0.490 e. The van der Waals surface area contributed by atoms with Gasteiger partial charge in [-0.1, -0.05) is 18.2 Å². The third-order valence-corrected chi connectivity index (χ3v) is 4.65. The van der Waals surface area contributed by atoms with E-state index in [9.17, 15) is 4.79 Å². The maximum absolute atomic E-state index is 12.6. The summed E-state index contributed by atoms with van der Waals surface area (Å²) in [6.45, 7) is 12.7. The summed E-state index contributed by atoms with van der Waals surface area (Å²) in [6.07, 6.45) is -0.600. The van der Waals surface area contributed by atoms with Gasteiger partial charge in [0.25, 0.3) is 5.91 Å². The van der Waals surface area contributed by atoms with Gasteiger partial charge in [-0.3, -0.25) is 4.79 Å². The minimum Gasteiger partial charge on any atom is -0.490 e. The fourth-order valence-corrected chi connectivity index (χ4v) is 2.85. The quantitative estimate of drug-likeness (QED) is 0.677. The number of hydrogen-bond donors (Lipinski definition) is 1. The zero-order valence-corrected chi connectivity index (χ0v) is 17.7. The molecule has 28 heavy (non-hydrogen) atoms. The Morgan fingerprint density at radius 1 is 0.964 bits per heavy atom. The van der Waals surface area contributed by atoms with Gasteiger partial charge in [-0.25, -0.2) is 0 Å². The lowest BCUT2D eigenvalue weighted by atomic mass is 10.1. The van der Waals surface area contributed by atoms with Crippen molar-refractivity contribution in [2.45, 2.75) is 53.7 Å². The Hall–Kier alpha value is -2.69. The Morgan fingerprint density at radius 3 is 2.32 bits per heavy atom. The lowest BCUT2D eigenvalue weighted by Gasteiger charge is -2.21. The molecule has 0 spiro atoms. The summed E-state index contributed by atoms with van der Waals surface area (Å²) in [5.41, 5.74) is 3.12. The minimum absolute atomic E-state index is 0.166. The lowest BCUT2D eigenvalue weighted by Crippen LogP contribution is -2.37. The molecule has 0 aliphatic carbocycles. The molecule has 2 rings (SSSR count). The van der Waals surface area contributed by atoms with E-state index in [1.54, 1.807) is 6.92 Å². The lowest BCUT2D eigenvalue weighted by molar-refractivity contribution is -0.127. The molecule has 0 aliphatic heterocycles. The van der Waals surface area contributed by atoms with E-state index in [4.69, 9.17) is 14.2 Å². The van der Waals surface area contributed by atoms with Gasteiger partial charge in [0.1, 0.15) is 5.75 Å². The summed E-state index contributed by atoms with van der Waals surface area (Å²) >= 11 is 0. The maximum Gasteiger partial charge on any atom is 0.261 e. The average Bonchev–Trinajstić information content (AvgIpc) is 2.67. The first-order valence-corrected chi connectivity index (χ1v) is 9.80. The first-order chi connectivity index (χ1) is 13.4. The number of benzene rings is 2. The number of amides is 1. The molecule has 2 atom stereocenters. The van der Waals surface area contributed by atoms with E-state index >= 15 is 0 Å². The highest BCUT2D eigenvalue weighted by Gasteiger charge is 2.19. The van der Waals surface area contributed by atoms with Crippen LogP contribution in [0, 0.1) is 13.8 Å². The minimum atomic E-state index is -0.600. The monoisotopic (exact) mass is 385 g/mol. The Morgan fingerprint density at radius 2 is 1.64 bits per heavy atom. The molecule has 152 valence electrons. The number of ether oxygens (including phenoxy) is 3. The van der Waals surface area contributed by atoms with Crippen molar-refractivity contribution in [3.8, 4) is 17.2 Å². The predicted octanol–water partition coefficient (Wildman–Crippen LogP) is 4.75. The first kappa shape index (κ1) is 21.6. The molecule has 1 amide bonds. The zero-order chi connectivity index (χ0) is 20.7. The van der Waals surface area contributed by atoms with E-state index in [2.05, 4.69) is 5.32 Å². The molecule has 0 saturated heterocycles. The van der Waals surface area contributed by atoms with Gasteiger partial charge >= 0.3 is 0 Å². The number of carbonyl (C=O) groups excluding carboxylic acids is 1. The van der Waals surface area contributed by atoms with E-state index in [0.717, 1.165) is 22.4 Å².